The molecule has 35 heavy (non-hydrogen) atoms. The number of nitrogens with one attached hydrogen (secondary N) is 2. The second-order valence-corrected chi connectivity index (χ2v) is 10.6. The molecule has 0 bridgehead atoms. The number of carbonyl (C=O) groups excluding carboxylic acids is 2. The lowest BCUT2D eigenvalue weighted by atomic mass is 9.82. The maximum Gasteiger partial charge on any atom is 0.407 e. The summed E-state index contributed by atoms with van der Waals surface area (Å²) in [5.74, 6) is -1.97. The Morgan fingerprint density at radius 2 is 1.54 bits per heavy atom. The molecule has 2 aliphatic carbocycles. The summed E-state index contributed by atoms with van der Waals surface area (Å²) in [5.41, 5.74) is 3.92. The molecule has 2 aromatic carbocycles. The Kier molecular flexibility index (Phi) is 7.15. The summed E-state index contributed by atoms with van der Waals surface area (Å²) >= 11 is 0. The first kappa shape index (κ1) is 24.8. The Bertz CT molecular complexity index is 1060. The molecular weight excluding hydrogens is 444 g/mol. The highest BCUT2D eigenvalue weighted by Gasteiger charge is 2.38. The lowest BCUT2D eigenvalue weighted by Gasteiger charge is -2.34. The molecule has 3 atom stereocenters. The predicted molar refractivity (Wildman–Crippen MR) is 133 cm³/mol. The molecule has 1 fully saturated rings. The molecule has 7 heteroatoms. The number of alkyl carbamates (subject to hydrolysis) is 1. The van der Waals surface area contributed by atoms with Gasteiger partial charge in [-0.15, -0.1) is 0 Å². The fourth-order valence-electron chi connectivity index (χ4n) is 5.30. The molecule has 0 unspecified atom stereocenters. The van der Waals surface area contributed by atoms with Crippen molar-refractivity contribution in [2.75, 3.05) is 6.61 Å². The minimum absolute atomic E-state index is 0.0753. The van der Waals surface area contributed by atoms with Crippen LogP contribution in [-0.4, -0.2) is 41.8 Å². The smallest absolute Gasteiger partial charge is 0.407 e. The first-order valence-corrected chi connectivity index (χ1v) is 12.3. The second-order valence-electron chi connectivity index (χ2n) is 10.6. The van der Waals surface area contributed by atoms with Gasteiger partial charge in [0.05, 0.1) is 5.92 Å². The predicted octanol–water partition coefficient (Wildman–Crippen LogP) is 4.70. The standard InChI is InChI=1S/C28H34N2O5/c1-28(2,3)24(25(31)29-23-15-9-8-14-21(23)26(32)33)30-27(34)35-16-22-19-12-6-4-10-17(19)18-11-5-7-13-20(18)22/h4-7,10-13,21-24H,8-9,14-16H2,1-3H3,(H,29,31)(H,30,34)(H,32,33)/t21-,23+,24+/m1/s1. The number of carbonyl (C=O) groups is 3. The number of ether oxygens (including phenoxy) is 1. The average molecular weight is 479 g/mol. The van der Waals surface area contributed by atoms with Gasteiger partial charge in [-0.2, -0.15) is 0 Å². The van der Waals surface area contributed by atoms with Gasteiger partial charge < -0.3 is 20.5 Å². The Morgan fingerprint density at radius 3 is 2.11 bits per heavy atom. The van der Waals surface area contributed by atoms with Crippen LogP contribution in [0.1, 0.15) is 63.5 Å². The quantitative estimate of drug-likeness (QED) is 0.558. The van der Waals surface area contributed by atoms with Crippen LogP contribution in [0.15, 0.2) is 48.5 Å². The van der Waals surface area contributed by atoms with Crippen molar-refractivity contribution in [2.24, 2.45) is 11.3 Å². The van der Waals surface area contributed by atoms with E-state index < -0.39 is 35.5 Å². The summed E-state index contributed by atoms with van der Waals surface area (Å²) in [4.78, 5) is 37.7. The number of hydrogen-bond acceptors (Lipinski definition) is 4. The van der Waals surface area contributed by atoms with Gasteiger partial charge in [-0.25, -0.2) is 4.79 Å². The molecule has 0 aliphatic heterocycles. The molecule has 4 rings (SSSR count). The van der Waals surface area contributed by atoms with Crippen molar-refractivity contribution in [1.29, 1.82) is 0 Å². The van der Waals surface area contributed by atoms with Crippen molar-refractivity contribution in [3.8, 4) is 11.1 Å². The summed E-state index contributed by atoms with van der Waals surface area (Å²) in [5, 5.41) is 15.2. The van der Waals surface area contributed by atoms with Gasteiger partial charge in [-0.1, -0.05) is 82.1 Å². The first-order valence-electron chi connectivity index (χ1n) is 12.3. The van der Waals surface area contributed by atoms with Gasteiger partial charge in [0.1, 0.15) is 12.6 Å². The highest BCUT2D eigenvalue weighted by molar-refractivity contribution is 5.87. The largest absolute Gasteiger partial charge is 0.481 e. The van der Waals surface area contributed by atoms with E-state index >= 15 is 0 Å². The summed E-state index contributed by atoms with van der Waals surface area (Å²) < 4.78 is 5.64. The van der Waals surface area contributed by atoms with Crippen LogP contribution in [0.3, 0.4) is 0 Å². The van der Waals surface area contributed by atoms with E-state index in [0.29, 0.717) is 12.8 Å². The molecule has 2 amide bonds. The third kappa shape index (κ3) is 5.34. The topological polar surface area (TPSA) is 105 Å². The molecular formula is C28H34N2O5. The molecule has 0 saturated heterocycles. The van der Waals surface area contributed by atoms with Crippen LogP contribution in [0.25, 0.3) is 11.1 Å². The highest BCUT2D eigenvalue weighted by atomic mass is 16.5. The zero-order chi connectivity index (χ0) is 25.2. The van der Waals surface area contributed by atoms with Gasteiger partial charge in [0.25, 0.3) is 0 Å². The van der Waals surface area contributed by atoms with Crippen molar-refractivity contribution in [3.05, 3.63) is 59.7 Å². The maximum absolute atomic E-state index is 13.2. The number of fused-ring (bicyclic) bond motifs is 3. The number of carboxylic acids is 1. The van der Waals surface area contributed by atoms with E-state index in [1.165, 1.54) is 0 Å². The fourth-order valence-corrected chi connectivity index (χ4v) is 5.30. The lowest BCUT2D eigenvalue weighted by Crippen LogP contribution is -2.57. The molecule has 0 radical (unpaired) electrons. The first-order chi connectivity index (χ1) is 16.7. The summed E-state index contributed by atoms with van der Waals surface area (Å²) in [6, 6.07) is 14.9. The van der Waals surface area contributed by atoms with Gasteiger partial charge in [-0.05, 0) is 40.5 Å². The molecule has 0 spiro atoms. The van der Waals surface area contributed by atoms with E-state index in [-0.39, 0.29) is 18.4 Å². The SMILES string of the molecule is CC(C)(C)[C@@H](NC(=O)OCC1c2ccccc2-c2ccccc21)C(=O)N[C@H]1CCCC[C@H]1C(=O)O. The zero-order valence-electron chi connectivity index (χ0n) is 20.5. The van der Waals surface area contributed by atoms with Crippen LogP contribution >= 0.6 is 0 Å². The van der Waals surface area contributed by atoms with E-state index in [1.807, 2.05) is 45.0 Å². The zero-order valence-corrected chi connectivity index (χ0v) is 20.5. The average Bonchev–Trinajstić information content (AvgIpc) is 3.14. The minimum Gasteiger partial charge on any atom is -0.481 e. The van der Waals surface area contributed by atoms with Gasteiger partial charge in [0, 0.05) is 12.0 Å². The van der Waals surface area contributed by atoms with Crippen molar-refractivity contribution < 1.29 is 24.2 Å². The highest BCUT2D eigenvalue weighted by Crippen LogP contribution is 2.44. The molecule has 1 saturated carbocycles. The number of aliphatic carboxylic acids is 1. The monoisotopic (exact) mass is 478 g/mol. The lowest BCUT2D eigenvalue weighted by molar-refractivity contribution is -0.144. The number of rotatable bonds is 6. The number of amides is 2. The summed E-state index contributed by atoms with van der Waals surface area (Å²) in [6.07, 6.45) is 2.20. The van der Waals surface area contributed by atoms with Crippen molar-refractivity contribution in [3.63, 3.8) is 0 Å². The van der Waals surface area contributed by atoms with E-state index in [9.17, 15) is 19.5 Å². The Hall–Kier alpha value is -3.35. The molecule has 186 valence electrons. The molecule has 7 nitrogen and oxygen atoms in total. The van der Waals surface area contributed by atoms with Crippen LogP contribution in [0, 0.1) is 11.3 Å². The van der Waals surface area contributed by atoms with E-state index in [0.717, 1.165) is 35.1 Å². The summed E-state index contributed by atoms with van der Waals surface area (Å²) in [7, 11) is 0. The van der Waals surface area contributed by atoms with Crippen LogP contribution in [0.2, 0.25) is 0 Å². The number of carboxylic acid groups (broad SMARTS) is 1. The molecule has 3 N–H and O–H groups in total. The molecule has 0 aromatic heterocycles. The van der Waals surface area contributed by atoms with Crippen LogP contribution in [0.5, 0.6) is 0 Å². The number of hydrogen-bond donors (Lipinski definition) is 3. The van der Waals surface area contributed by atoms with Gasteiger partial charge in [0.2, 0.25) is 5.91 Å². The van der Waals surface area contributed by atoms with E-state index in [4.69, 9.17) is 4.74 Å². The van der Waals surface area contributed by atoms with Gasteiger partial charge >= 0.3 is 12.1 Å². The Labute approximate surface area is 206 Å². The van der Waals surface area contributed by atoms with Crippen molar-refractivity contribution in [2.45, 2.75) is 64.5 Å². The van der Waals surface area contributed by atoms with E-state index in [2.05, 4.69) is 34.9 Å². The van der Waals surface area contributed by atoms with Gasteiger partial charge in [-0.3, -0.25) is 9.59 Å². The fraction of sp³-hybridized carbons (Fsp3) is 0.464. The summed E-state index contributed by atoms with van der Waals surface area (Å²) in [6.45, 7) is 5.73. The van der Waals surface area contributed by atoms with Crippen LogP contribution < -0.4 is 10.6 Å². The Balaban J connectivity index is 1.42. The van der Waals surface area contributed by atoms with Crippen LogP contribution in [-0.2, 0) is 14.3 Å². The van der Waals surface area contributed by atoms with Crippen LogP contribution in [0.4, 0.5) is 4.79 Å². The van der Waals surface area contributed by atoms with Crippen molar-refractivity contribution >= 4 is 18.0 Å². The Morgan fingerprint density at radius 1 is 0.971 bits per heavy atom. The van der Waals surface area contributed by atoms with E-state index in [1.54, 1.807) is 0 Å². The number of benzene rings is 2. The van der Waals surface area contributed by atoms with Crippen molar-refractivity contribution in [1.82, 2.24) is 10.6 Å². The molecule has 0 heterocycles. The third-order valence-corrected chi connectivity index (χ3v) is 7.14. The third-order valence-electron chi connectivity index (χ3n) is 7.14. The molecule has 2 aliphatic rings. The molecule has 2 aromatic rings. The maximum atomic E-state index is 13.2. The second kappa shape index (κ2) is 10.1. The minimum atomic E-state index is -0.896. The van der Waals surface area contributed by atoms with Gasteiger partial charge in [0.15, 0.2) is 0 Å². The normalized spacial score (nSPS) is 20.3.